The van der Waals surface area contributed by atoms with Crippen LogP contribution in [0.1, 0.15) is 27.3 Å². The predicted molar refractivity (Wildman–Crippen MR) is 121 cm³/mol. The molecule has 0 saturated carbocycles. The maximum Gasteiger partial charge on any atom is 0.263 e. The molecule has 3 rings (SSSR count). The van der Waals surface area contributed by atoms with E-state index >= 15 is 0 Å². The van der Waals surface area contributed by atoms with Crippen molar-refractivity contribution in [2.75, 3.05) is 14.2 Å². The average Bonchev–Trinajstić information content (AvgIpc) is 2.77. The van der Waals surface area contributed by atoms with E-state index in [2.05, 4.69) is 15.3 Å². The predicted octanol–water partition coefficient (Wildman–Crippen LogP) is 4.19. The lowest BCUT2D eigenvalue weighted by molar-refractivity contribution is 0.0961. The number of aromatic nitrogens is 2. The number of ether oxygens (including phenoxy) is 2. The zero-order valence-corrected chi connectivity index (χ0v) is 18.3. The molecular formula is C22H19Cl2N3O4. The fraction of sp³-hybridized carbons (Fsp3) is 0.136. The second-order valence-corrected chi connectivity index (χ2v) is 7.20. The lowest BCUT2D eigenvalue weighted by Crippen LogP contribution is -2.27. The van der Waals surface area contributed by atoms with Gasteiger partial charge >= 0.3 is 0 Å². The van der Waals surface area contributed by atoms with E-state index in [1.807, 2.05) is 6.07 Å². The van der Waals surface area contributed by atoms with Gasteiger partial charge in [-0.2, -0.15) is 0 Å². The van der Waals surface area contributed by atoms with Crippen molar-refractivity contribution in [3.8, 4) is 11.5 Å². The van der Waals surface area contributed by atoms with Crippen molar-refractivity contribution < 1.29 is 14.3 Å². The normalized spacial score (nSPS) is 10.8. The minimum atomic E-state index is -0.517. The number of H-pyrrole nitrogens is 1. The molecule has 0 saturated heterocycles. The van der Waals surface area contributed by atoms with Gasteiger partial charge in [0.15, 0.2) is 11.5 Å². The molecule has 1 amide bonds. The van der Waals surface area contributed by atoms with Crippen LogP contribution in [0.15, 0.2) is 47.4 Å². The van der Waals surface area contributed by atoms with Gasteiger partial charge in [-0.15, -0.1) is 0 Å². The van der Waals surface area contributed by atoms with Gasteiger partial charge in [0.1, 0.15) is 18.0 Å². The summed E-state index contributed by atoms with van der Waals surface area (Å²) in [4.78, 5) is 30.2. The lowest BCUT2D eigenvalue weighted by atomic mass is 10.2. The highest BCUT2D eigenvalue weighted by atomic mass is 35.5. The second-order valence-electron chi connectivity index (χ2n) is 6.36. The smallest absolute Gasteiger partial charge is 0.263 e. The Kier molecular flexibility index (Phi) is 7.33. The Hall–Kier alpha value is -3.29. The third-order valence-electron chi connectivity index (χ3n) is 4.31. The zero-order chi connectivity index (χ0) is 22.4. The second kappa shape index (κ2) is 10.1. The molecule has 1 heterocycles. The molecule has 0 aliphatic rings. The number of rotatable bonds is 7. The van der Waals surface area contributed by atoms with Crippen molar-refractivity contribution >= 4 is 41.3 Å². The van der Waals surface area contributed by atoms with E-state index in [4.69, 9.17) is 32.7 Å². The molecule has 160 valence electrons. The van der Waals surface area contributed by atoms with Crippen molar-refractivity contribution in [1.29, 1.82) is 0 Å². The number of methoxy groups -OCH3 is 1. The number of amides is 1. The SMILES string of the molecule is CNC(=O)c1cnc(C=Cc2ccc(OCc3ccc(Cl)cc3Cl)c(OC)c2)[nH]c1=O. The van der Waals surface area contributed by atoms with Crippen molar-refractivity contribution in [3.63, 3.8) is 0 Å². The standard InChI is InChI=1S/C22H19Cl2N3O4/c1-25-21(28)16-11-26-20(27-22(16)29)8-4-13-3-7-18(19(9-13)30-2)31-12-14-5-6-15(23)10-17(14)24/h3-11H,12H2,1-2H3,(H,25,28)(H,26,27,29). The van der Waals surface area contributed by atoms with Crippen molar-refractivity contribution in [1.82, 2.24) is 15.3 Å². The summed E-state index contributed by atoms with van der Waals surface area (Å²) in [6, 6.07) is 10.6. The molecule has 7 nitrogen and oxygen atoms in total. The zero-order valence-electron chi connectivity index (χ0n) is 16.7. The van der Waals surface area contributed by atoms with Crippen LogP contribution in [0.2, 0.25) is 10.0 Å². The molecule has 9 heteroatoms. The van der Waals surface area contributed by atoms with Crippen LogP contribution in [0.4, 0.5) is 0 Å². The van der Waals surface area contributed by atoms with Crippen LogP contribution in [0.25, 0.3) is 12.2 Å². The van der Waals surface area contributed by atoms with Crippen LogP contribution >= 0.6 is 23.2 Å². The monoisotopic (exact) mass is 459 g/mol. The molecule has 0 bridgehead atoms. The summed E-state index contributed by atoms with van der Waals surface area (Å²) >= 11 is 12.1. The highest BCUT2D eigenvalue weighted by molar-refractivity contribution is 6.35. The first kappa shape index (κ1) is 22.4. The van der Waals surface area contributed by atoms with Gasteiger partial charge in [-0.05, 0) is 35.9 Å². The average molecular weight is 460 g/mol. The summed E-state index contributed by atoms with van der Waals surface area (Å²) in [5.41, 5.74) is 1.03. The summed E-state index contributed by atoms with van der Waals surface area (Å²) in [5.74, 6) is 0.898. The number of halogens is 2. The highest BCUT2D eigenvalue weighted by Gasteiger charge is 2.10. The van der Waals surface area contributed by atoms with Crippen molar-refractivity contribution in [2.24, 2.45) is 0 Å². The van der Waals surface area contributed by atoms with Gasteiger partial charge in [-0.3, -0.25) is 9.59 Å². The van der Waals surface area contributed by atoms with Gasteiger partial charge in [-0.25, -0.2) is 4.98 Å². The topological polar surface area (TPSA) is 93.3 Å². The summed E-state index contributed by atoms with van der Waals surface area (Å²) in [5, 5.41) is 3.47. The van der Waals surface area contributed by atoms with Crippen LogP contribution in [0, 0.1) is 0 Å². The molecule has 3 aromatic rings. The molecule has 2 N–H and O–H groups in total. The number of nitrogens with one attached hydrogen (secondary N) is 2. The molecule has 0 radical (unpaired) electrons. The Balaban J connectivity index is 1.74. The molecule has 2 aromatic carbocycles. The van der Waals surface area contributed by atoms with Gasteiger partial charge in [0.05, 0.1) is 7.11 Å². The van der Waals surface area contributed by atoms with E-state index in [0.717, 1.165) is 11.1 Å². The van der Waals surface area contributed by atoms with E-state index in [0.29, 0.717) is 27.4 Å². The summed E-state index contributed by atoms with van der Waals surface area (Å²) < 4.78 is 11.3. The number of hydrogen-bond acceptors (Lipinski definition) is 5. The first-order valence-electron chi connectivity index (χ1n) is 9.15. The third kappa shape index (κ3) is 5.65. The number of benzene rings is 2. The molecular weight excluding hydrogens is 441 g/mol. The minimum absolute atomic E-state index is 0.0522. The third-order valence-corrected chi connectivity index (χ3v) is 4.90. The molecule has 31 heavy (non-hydrogen) atoms. The van der Waals surface area contributed by atoms with Gasteiger partial charge in [0.25, 0.3) is 11.5 Å². The first-order chi connectivity index (χ1) is 14.9. The summed E-state index contributed by atoms with van der Waals surface area (Å²) in [6.45, 7) is 0.254. The lowest BCUT2D eigenvalue weighted by Gasteiger charge is -2.12. The minimum Gasteiger partial charge on any atom is -0.493 e. The maximum absolute atomic E-state index is 12.0. The Labute approximate surface area is 188 Å². The summed E-state index contributed by atoms with van der Waals surface area (Å²) in [7, 11) is 2.99. The van der Waals surface area contributed by atoms with Crippen LogP contribution in [-0.2, 0) is 6.61 Å². The highest BCUT2D eigenvalue weighted by Crippen LogP contribution is 2.30. The molecule has 1 aromatic heterocycles. The van der Waals surface area contributed by atoms with E-state index in [9.17, 15) is 9.59 Å². The number of aromatic amines is 1. The maximum atomic E-state index is 12.0. The van der Waals surface area contributed by atoms with Gasteiger partial charge < -0.3 is 19.8 Å². The fourth-order valence-electron chi connectivity index (χ4n) is 2.67. The molecule has 0 fully saturated rings. The first-order valence-corrected chi connectivity index (χ1v) is 9.91. The Morgan fingerprint density at radius 2 is 1.97 bits per heavy atom. The number of hydrogen-bond donors (Lipinski definition) is 2. The van der Waals surface area contributed by atoms with E-state index in [-0.39, 0.29) is 12.2 Å². The van der Waals surface area contributed by atoms with Gasteiger partial charge in [0.2, 0.25) is 0 Å². The number of carbonyl (C=O) groups excluding carboxylic acids is 1. The van der Waals surface area contributed by atoms with Gasteiger partial charge in [0, 0.05) is 28.9 Å². The van der Waals surface area contributed by atoms with Crippen LogP contribution in [-0.4, -0.2) is 30.0 Å². The molecule has 0 spiro atoms. The molecule has 0 unspecified atom stereocenters. The molecule has 0 aliphatic heterocycles. The Morgan fingerprint density at radius 3 is 2.65 bits per heavy atom. The van der Waals surface area contributed by atoms with Gasteiger partial charge in [-0.1, -0.05) is 41.4 Å². The Bertz CT molecular complexity index is 1190. The van der Waals surface area contributed by atoms with E-state index < -0.39 is 11.5 Å². The van der Waals surface area contributed by atoms with Crippen LogP contribution in [0.3, 0.4) is 0 Å². The number of carbonyl (C=O) groups is 1. The van der Waals surface area contributed by atoms with Crippen LogP contribution < -0.4 is 20.3 Å². The van der Waals surface area contributed by atoms with Crippen molar-refractivity contribution in [2.45, 2.75) is 6.61 Å². The quantitative estimate of drug-likeness (QED) is 0.552. The summed E-state index contributed by atoms with van der Waals surface area (Å²) in [6.07, 6.45) is 4.61. The van der Waals surface area contributed by atoms with Crippen molar-refractivity contribution in [3.05, 3.63) is 85.5 Å². The Morgan fingerprint density at radius 1 is 1.16 bits per heavy atom. The van der Waals surface area contributed by atoms with Crippen LogP contribution in [0.5, 0.6) is 11.5 Å². The molecule has 0 atom stereocenters. The largest absolute Gasteiger partial charge is 0.493 e. The number of nitrogens with zero attached hydrogens (tertiary/aromatic N) is 1. The fourth-order valence-corrected chi connectivity index (χ4v) is 3.13. The van der Waals surface area contributed by atoms with E-state index in [1.54, 1.807) is 49.6 Å². The van der Waals surface area contributed by atoms with E-state index in [1.165, 1.54) is 13.2 Å². The molecule has 0 aliphatic carbocycles.